The zero-order valence-electron chi connectivity index (χ0n) is 13.0. The summed E-state index contributed by atoms with van der Waals surface area (Å²) in [6.45, 7) is 2.53. The van der Waals surface area contributed by atoms with E-state index in [2.05, 4.69) is 31.9 Å². The van der Waals surface area contributed by atoms with Gasteiger partial charge in [0.05, 0.1) is 11.3 Å². The lowest BCUT2D eigenvalue weighted by molar-refractivity contribution is 0.0954. The fourth-order valence-electron chi connectivity index (χ4n) is 2.00. The van der Waals surface area contributed by atoms with Crippen molar-refractivity contribution in [3.05, 3.63) is 57.5 Å². The summed E-state index contributed by atoms with van der Waals surface area (Å²) in [4.78, 5) is 24.4. The maximum absolute atomic E-state index is 12.2. The van der Waals surface area contributed by atoms with Crippen molar-refractivity contribution in [1.29, 1.82) is 0 Å². The first kappa shape index (κ1) is 18.3. The Morgan fingerprint density at radius 2 is 1.92 bits per heavy atom. The number of rotatable bonds is 5. The quantitative estimate of drug-likeness (QED) is 0.657. The number of carbonyl (C=O) groups is 2. The molecule has 0 heterocycles. The third-order valence-electron chi connectivity index (χ3n) is 3.09. The second-order valence-electron chi connectivity index (χ2n) is 5.04. The van der Waals surface area contributed by atoms with Gasteiger partial charge in [0.2, 0.25) is 0 Å². The van der Waals surface area contributed by atoms with E-state index in [1.54, 1.807) is 30.3 Å². The van der Waals surface area contributed by atoms with Crippen molar-refractivity contribution < 1.29 is 9.59 Å². The van der Waals surface area contributed by atoms with Crippen molar-refractivity contribution in [1.82, 2.24) is 5.32 Å². The molecule has 2 rings (SSSR count). The smallest absolute Gasteiger partial charge is 0.323 e. The maximum Gasteiger partial charge on any atom is 0.323 e. The summed E-state index contributed by atoms with van der Waals surface area (Å²) in [5.41, 5.74) is 1.33. The highest BCUT2D eigenvalue weighted by molar-refractivity contribution is 9.10. The molecule has 0 aliphatic rings. The van der Waals surface area contributed by atoms with Gasteiger partial charge in [-0.3, -0.25) is 4.79 Å². The van der Waals surface area contributed by atoms with Gasteiger partial charge in [-0.15, -0.1) is 0 Å². The van der Waals surface area contributed by atoms with E-state index in [0.717, 1.165) is 10.9 Å². The van der Waals surface area contributed by atoms with E-state index in [0.29, 0.717) is 28.5 Å². The van der Waals surface area contributed by atoms with Crippen LogP contribution in [0, 0.1) is 0 Å². The molecule has 5 nitrogen and oxygen atoms in total. The van der Waals surface area contributed by atoms with Crippen LogP contribution in [0.15, 0.2) is 46.9 Å². The first-order valence-corrected chi connectivity index (χ1v) is 8.58. The summed E-state index contributed by atoms with van der Waals surface area (Å²) in [7, 11) is 0. The minimum Gasteiger partial charge on any atom is -0.352 e. The number of urea groups is 1. The maximum atomic E-state index is 12.2. The summed E-state index contributed by atoms with van der Waals surface area (Å²) in [5.74, 6) is -0.258. The van der Waals surface area contributed by atoms with Gasteiger partial charge in [0.1, 0.15) is 0 Å². The van der Waals surface area contributed by atoms with Crippen LogP contribution >= 0.6 is 27.5 Å². The molecule has 0 radical (unpaired) electrons. The van der Waals surface area contributed by atoms with Crippen molar-refractivity contribution in [3.8, 4) is 0 Å². The van der Waals surface area contributed by atoms with E-state index in [9.17, 15) is 9.59 Å². The lowest BCUT2D eigenvalue weighted by atomic mass is 10.1. The number of benzene rings is 2. The van der Waals surface area contributed by atoms with E-state index in [1.165, 1.54) is 0 Å². The van der Waals surface area contributed by atoms with Gasteiger partial charge in [-0.25, -0.2) is 4.79 Å². The monoisotopic (exact) mass is 409 g/mol. The molecule has 0 unspecified atom stereocenters. The molecule has 0 saturated carbocycles. The van der Waals surface area contributed by atoms with Crippen LogP contribution in [0.5, 0.6) is 0 Å². The summed E-state index contributed by atoms with van der Waals surface area (Å²) < 4.78 is 0.850. The highest BCUT2D eigenvalue weighted by Crippen LogP contribution is 2.22. The molecule has 0 aromatic heterocycles. The molecule has 0 bridgehead atoms. The molecule has 3 N–H and O–H groups in total. The van der Waals surface area contributed by atoms with Crippen LogP contribution in [0.25, 0.3) is 0 Å². The summed E-state index contributed by atoms with van der Waals surface area (Å²) >= 11 is 9.32. The normalized spacial score (nSPS) is 10.1. The van der Waals surface area contributed by atoms with Gasteiger partial charge in [0.25, 0.3) is 5.91 Å². The predicted octanol–water partition coefficient (Wildman–Crippen LogP) is 4.89. The minimum absolute atomic E-state index is 0.258. The van der Waals surface area contributed by atoms with E-state index in [4.69, 9.17) is 11.6 Å². The van der Waals surface area contributed by atoms with Crippen LogP contribution in [-0.4, -0.2) is 18.5 Å². The molecule has 0 aliphatic heterocycles. The molecule has 2 aromatic rings. The molecule has 3 amide bonds. The fraction of sp³-hybridized carbons (Fsp3) is 0.176. The highest BCUT2D eigenvalue weighted by atomic mass is 79.9. The molecular formula is C17H17BrClN3O2. The Bertz CT molecular complexity index is 752. The van der Waals surface area contributed by atoms with Gasteiger partial charge in [-0.1, -0.05) is 40.5 Å². The number of carbonyl (C=O) groups excluding carboxylic acids is 2. The highest BCUT2D eigenvalue weighted by Gasteiger charge is 2.14. The third kappa shape index (κ3) is 5.25. The average molecular weight is 411 g/mol. The van der Waals surface area contributed by atoms with Crippen LogP contribution in [-0.2, 0) is 0 Å². The summed E-state index contributed by atoms with van der Waals surface area (Å²) in [6.07, 6.45) is 0.825. The van der Waals surface area contributed by atoms with Gasteiger partial charge in [0.15, 0.2) is 0 Å². The zero-order chi connectivity index (χ0) is 17.5. The Balaban J connectivity index is 2.14. The second-order valence-corrected chi connectivity index (χ2v) is 6.39. The topological polar surface area (TPSA) is 70.2 Å². The number of hydrogen-bond donors (Lipinski definition) is 3. The van der Waals surface area contributed by atoms with Crippen molar-refractivity contribution in [3.63, 3.8) is 0 Å². The van der Waals surface area contributed by atoms with Crippen LogP contribution < -0.4 is 16.0 Å². The molecule has 7 heteroatoms. The molecule has 0 aliphatic carbocycles. The molecule has 24 heavy (non-hydrogen) atoms. The Labute approximate surface area is 153 Å². The van der Waals surface area contributed by atoms with Crippen molar-refractivity contribution in [2.45, 2.75) is 13.3 Å². The first-order chi connectivity index (χ1) is 11.5. The predicted molar refractivity (Wildman–Crippen MR) is 101 cm³/mol. The van der Waals surface area contributed by atoms with Gasteiger partial charge in [0, 0.05) is 21.7 Å². The number of hydrogen-bond acceptors (Lipinski definition) is 2. The van der Waals surface area contributed by atoms with Crippen molar-refractivity contribution >= 4 is 50.8 Å². The van der Waals surface area contributed by atoms with E-state index < -0.39 is 6.03 Å². The number of halogens is 2. The molecule has 0 atom stereocenters. The SMILES string of the molecule is CCCNC(=O)c1ccc(Cl)cc1NC(=O)Nc1cccc(Br)c1. The number of nitrogens with one attached hydrogen (secondary N) is 3. The van der Waals surface area contributed by atoms with Gasteiger partial charge >= 0.3 is 6.03 Å². The molecular weight excluding hydrogens is 394 g/mol. The van der Waals surface area contributed by atoms with Crippen molar-refractivity contribution in [2.75, 3.05) is 17.2 Å². The molecule has 0 spiro atoms. The molecule has 126 valence electrons. The molecule has 2 aromatic carbocycles. The van der Waals surface area contributed by atoms with E-state index in [-0.39, 0.29) is 5.91 Å². The van der Waals surface area contributed by atoms with Gasteiger partial charge in [-0.05, 0) is 42.8 Å². The van der Waals surface area contributed by atoms with Gasteiger partial charge in [-0.2, -0.15) is 0 Å². The fourth-order valence-corrected chi connectivity index (χ4v) is 2.57. The largest absolute Gasteiger partial charge is 0.352 e. The Hall–Kier alpha value is -2.05. The Morgan fingerprint density at radius 3 is 2.62 bits per heavy atom. The van der Waals surface area contributed by atoms with Crippen LogP contribution in [0.3, 0.4) is 0 Å². The van der Waals surface area contributed by atoms with Crippen LogP contribution in [0.1, 0.15) is 23.7 Å². The van der Waals surface area contributed by atoms with Gasteiger partial charge < -0.3 is 16.0 Å². The lowest BCUT2D eigenvalue weighted by Gasteiger charge is -2.13. The average Bonchev–Trinajstić information content (AvgIpc) is 2.52. The van der Waals surface area contributed by atoms with E-state index in [1.807, 2.05) is 19.1 Å². The van der Waals surface area contributed by atoms with E-state index >= 15 is 0 Å². The van der Waals surface area contributed by atoms with Crippen LogP contribution in [0.4, 0.5) is 16.2 Å². The molecule has 0 fully saturated rings. The minimum atomic E-state index is -0.458. The Kier molecular flexibility index (Phi) is 6.63. The third-order valence-corrected chi connectivity index (χ3v) is 3.82. The van der Waals surface area contributed by atoms with Crippen LogP contribution in [0.2, 0.25) is 5.02 Å². The Morgan fingerprint density at radius 1 is 1.12 bits per heavy atom. The number of anilines is 2. The second kappa shape index (κ2) is 8.70. The molecule has 0 saturated heterocycles. The lowest BCUT2D eigenvalue weighted by Crippen LogP contribution is -2.27. The first-order valence-electron chi connectivity index (χ1n) is 7.41. The zero-order valence-corrected chi connectivity index (χ0v) is 15.4. The summed E-state index contributed by atoms with van der Waals surface area (Å²) in [6, 6.07) is 11.5. The number of amides is 3. The summed E-state index contributed by atoms with van der Waals surface area (Å²) in [5, 5.41) is 8.58. The standard InChI is InChI=1S/C17H17BrClN3O2/c1-2-8-20-16(23)14-7-6-12(19)10-15(14)22-17(24)21-13-5-3-4-11(18)9-13/h3-7,9-10H,2,8H2,1H3,(H,20,23)(H2,21,22,24). The van der Waals surface area contributed by atoms with Crippen molar-refractivity contribution in [2.24, 2.45) is 0 Å².